The number of thioether (sulfide) groups is 1. The second kappa shape index (κ2) is 9.91. The lowest BCUT2D eigenvalue weighted by Crippen LogP contribution is -2.15. The van der Waals surface area contributed by atoms with Gasteiger partial charge in [-0.2, -0.15) is 0 Å². The first-order chi connectivity index (χ1) is 15.4. The molecular weight excluding hydrogens is 535 g/mol. The maximum absolute atomic E-state index is 12.4. The van der Waals surface area contributed by atoms with E-state index in [1.165, 1.54) is 22.5 Å². The van der Waals surface area contributed by atoms with Crippen LogP contribution in [0.25, 0.3) is 10.8 Å². The van der Waals surface area contributed by atoms with Crippen molar-refractivity contribution in [2.75, 3.05) is 11.1 Å². The highest BCUT2D eigenvalue weighted by molar-refractivity contribution is 14.1. The minimum atomic E-state index is -0.0769. The van der Waals surface area contributed by atoms with Crippen molar-refractivity contribution in [1.82, 2.24) is 14.8 Å². The fourth-order valence-electron chi connectivity index (χ4n) is 3.39. The van der Waals surface area contributed by atoms with Gasteiger partial charge in [0.1, 0.15) is 12.4 Å². The second-order valence-corrected chi connectivity index (χ2v) is 9.64. The number of amides is 1. The van der Waals surface area contributed by atoms with Gasteiger partial charge in [-0.1, -0.05) is 42.1 Å². The molecule has 0 aliphatic rings. The number of halogens is 1. The lowest BCUT2D eigenvalue weighted by molar-refractivity contribution is -0.113. The number of aryl methyl sites for hydroxylation is 2. The summed E-state index contributed by atoms with van der Waals surface area (Å²) < 4.78 is 9.04. The summed E-state index contributed by atoms with van der Waals surface area (Å²) in [5, 5.41) is 14.5. The molecule has 0 spiro atoms. The Hall–Kier alpha value is -2.59. The van der Waals surface area contributed by atoms with E-state index in [-0.39, 0.29) is 11.7 Å². The molecule has 0 fully saturated rings. The number of rotatable bonds is 7. The van der Waals surface area contributed by atoms with Gasteiger partial charge in [-0.25, -0.2) is 0 Å². The fraction of sp³-hybridized carbons (Fsp3) is 0.208. The van der Waals surface area contributed by atoms with E-state index in [0.717, 1.165) is 26.1 Å². The average Bonchev–Trinajstić information content (AvgIpc) is 3.13. The van der Waals surface area contributed by atoms with Crippen LogP contribution in [0.2, 0.25) is 0 Å². The number of nitrogens with zero attached hydrogens (tertiary/aromatic N) is 3. The van der Waals surface area contributed by atoms with Crippen molar-refractivity contribution >= 4 is 56.7 Å². The summed E-state index contributed by atoms with van der Waals surface area (Å²) in [6.07, 6.45) is 0. The van der Waals surface area contributed by atoms with Crippen LogP contribution in [0, 0.1) is 17.4 Å². The lowest BCUT2D eigenvalue weighted by Gasteiger charge is -2.11. The number of nitrogens with one attached hydrogen (secondary N) is 1. The minimum absolute atomic E-state index is 0.0769. The van der Waals surface area contributed by atoms with Crippen molar-refractivity contribution in [2.45, 2.75) is 25.6 Å². The molecule has 0 bridgehead atoms. The molecule has 0 aliphatic carbocycles. The third-order valence-electron chi connectivity index (χ3n) is 5.23. The number of anilines is 1. The van der Waals surface area contributed by atoms with Crippen LogP contribution in [0.3, 0.4) is 0 Å². The topological polar surface area (TPSA) is 69.0 Å². The Morgan fingerprint density at radius 1 is 1.12 bits per heavy atom. The van der Waals surface area contributed by atoms with E-state index < -0.39 is 0 Å². The van der Waals surface area contributed by atoms with Gasteiger partial charge in [0.05, 0.1) is 5.75 Å². The zero-order valence-corrected chi connectivity index (χ0v) is 21.0. The van der Waals surface area contributed by atoms with E-state index in [4.69, 9.17) is 4.74 Å². The van der Waals surface area contributed by atoms with Crippen LogP contribution < -0.4 is 10.1 Å². The second-order valence-electron chi connectivity index (χ2n) is 7.45. The van der Waals surface area contributed by atoms with Crippen molar-refractivity contribution in [3.8, 4) is 5.75 Å². The number of ether oxygens (including phenoxy) is 1. The Bertz CT molecular complexity index is 1290. The van der Waals surface area contributed by atoms with Gasteiger partial charge in [-0.05, 0) is 82.6 Å². The van der Waals surface area contributed by atoms with Crippen LogP contribution in [0.4, 0.5) is 5.69 Å². The summed E-state index contributed by atoms with van der Waals surface area (Å²) in [6, 6.07) is 18.2. The Morgan fingerprint density at radius 3 is 2.75 bits per heavy atom. The van der Waals surface area contributed by atoms with Gasteiger partial charge in [-0.15, -0.1) is 10.2 Å². The first-order valence-corrected chi connectivity index (χ1v) is 12.2. The zero-order valence-electron chi connectivity index (χ0n) is 18.1. The molecule has 3 aromatic carbocycles. The van der Waals surface area contributed by atoms with Crippen LogP contribution in [0.1, 0.15) is 17.0 Å². The van der Waals surface area contributed by atoms with E-state index in [9.17, 15) is 4.79 Å². The number of aromatic nitrogens is 3. The third-order valence-corrected chi connectivity index (χ3v) is 6.92. The largest absolute Gasteiger partial charge is 0.485 e. The molecule has 0 aliphatic heterocycles. The minimum Gasteiger partial charge on any atom is -0.485 e. The number of benzene rings is 3. The molecule has 4 aromatic rings. The van der Waals surface area contributed by atoms with E-state index in [1.54, 1.807) is 0 Å². The van der Waals surface area contributed by atoms with Crippen LogP contribution in [0.15, 0.2) is 59.8 Å². The quantitative estimate of drug-likeness (QED) is 0.240. The van der Waals surface area contributed by atoms with E-state index >= 15 is 0 Å². The van der Waals surface area contributed by atoms with Crippen molar-refractivity contribution in [3.63, 3.8) is 0 Å². The SMILES string of the molecule is Cc1cc(I)ccc1NC(=O)CSc1nnc(COc2ccc3ccccc3c2C)n1C. The van der Waals surface area contributed by atoms with Gasteiger partial charge in [0, 0.05) is 16.3 Å². The van der Waals surface area contributed by atoms with Crippen molar-refractivity contribution in [3.05, 3.63) is 75.1 Å². The van der Waals surface area contributed by atoms with Crippen molar-refractivity contribution in [2.24, 2.45) is 7.05 Å². The molecule has 0 saturated carbocycles. The summed E-state index contributed by atoms with van der Waals surface area (Å²) >= 11 is 3.61. The molecule has 1 aromatic heterocycles. The lowest BCUT2D eigenvalue weighted by atomic mass is 10.0. The normalized spacial score (nSPS) is 11.0. The first-order valence-electron chi connectivity index (χ1n) is 10.1. The molecule has 1 N–H and O–H groups in total. The third kappa shape index (κ3) is 5.07. The van der Waals surface area contributed by atoms with Gasteiger partial charge in [0.25, 0.3) is 0 Å². The Balaban J connectivity index is 1.36. The van der Waals surface area contributed by atoms with Gasteiger partial charge in [0.15, 0.2) is 11.0 Å². The molecular formula is C24H23IN4O2S. The molecule has 8 heteroatoms. The van der Waals surface area contributed by atoms with E-state index in [1.807, 2.05) is 54.9 Å². The predicted molar refractivity (Wildman–Crippen MR) is 137 cm³/mol. The van der Waals surface area contributed by atoms with Crippen LogP contribution in [-0.4, -0.2) is 26.4 Å². The highest BCUT2D eigenvalue weighted by Gasteiger charge is 2.14. The first kappa shape index (κ1) is 22.6. The van der Waals surface area contributed by atoms with Gasteiger partial charge in [0.2, 0.25) is 5.91 Å². The van der Waals surface area contributed by atoms with E-state index in [2.05, 4.69) is 63.2 Å². The van der Waals surface area contributed by atoms with Crippen molar-refractivity contribution in [1.29, 1.82) is 0 Å². The number of carbonyl (C=O) groups is 1. The monoisotopic (exact) mass is 558 g/mol. The van der Waals surface area contributed by atoms with Crippen LogP contribution in [-0.2, 0) is 18.4 Å². The van der Waals surface area contributed by atoms with Crippen molar-refractivity contribution < 1.29 is 9.53 Å². The summed E-state index contributed by atoms with van der Waals surface area (Å²) in [7, 11) is 1.88. The maximum Gasteiger partial charge on any atom is 0.234 e. The molecule has 4 rings (SSSR count). The van der Waals surface area contributed by atoms with Gasteiger partial charge < -0.3 is 14.6 Å². The average molecular weight is 558 g/mol. The predicted octanol–water partition coefficient (Wildman–Crippen LogP) is 5.50. The van der Waals surface area contributed by atoms with Crippen LogP contribution >= 0.6 is 34.4 Å². The molecule has 1 heterocycles. The molecule has 0 unspecified atom stereocenters. The Kier molecular flexibility index (Phi) is 7.00. The molecule has 1 amide bonds. The number of fused-ring (bicyclic) bond motifs is 1. The fourth-order valence-corrected chi connectivity index (χ4v) is 4.76. The molecule has 6 nitrogen and oxygen atoms in total. The highest BCUT2D eigenvalue weighted by Crippen LogP contribution is 2.28. The molecule has 0 saturated heterocycles. The molecule has 32 heavy (non-hydrogen) atoms. The highest BCUT2D eigenvalue weighted by atomic mass is 127. The number of hydrogen-bond acceptors (Lipinski definition) is 5. The van der Waals surface area contributed by atoms with E-state index in [0.29, 0.717) is 17.6 Å². The Morgan fingerprint density at radius 2 is 1.94 bits per heavy atom. The number of hydrogen-bond donors (Lipinski definition) is 1. The molecule has 0 radical (unpaired) electrons. The zero-order chi connectivity index (χ0) is 22.7. The standard InChI is InChI=1S/C24H23IN4O2S/c1-15-12-18(25)9-10-20(15)26-23(30)14-32-24-28-27-22(29(24)3)13-31-21-11-8-17-6-4-5-7-19(17)16(21)2/h4-12H,13-14H2,1-3H3,(H,26,30). The van der Waals surface area contributed by atoms with Crippen LogP contribution in [0.5, 0.6) is 5.75 Å². The number of carbonyl (C=O) groups excluding carboxylic acids is 1. The van der Waals surface area contributed by atoms with Gasteiger partial charge >= 0.3 is 0 Å². The maximum atomic E-state index is 12.4. The van der Waals surface area contributed by atoms with Gasteiger partial charge in [-0.3, -0.25) is 4.79 Å². The summed E-state index contributed by atoms with van der Waals surface area (Å²) in [5.74, 6) is 1.70. The molecule has 0 atom stereocenters. The summed E-state index contributed by atoms with van der Waals surface area (Å²) in [5.41, 5.74) is 2.97. The Labute approximate surface area is 204 Å². The summed E-state index contributed by atoms with van der Waals surface area (Å²) in [4.78, 5) is 12.4. The summed E-state index contributed by atoms with van der Waals surface area (Å²) in [6.45, 7) is 4.35. The molecule has 164 valence electrons. The smallest absolute Gasteiger partial charge is 0.234 e.